The lowest BCUT2D eigenvalue weighted by Gasteiger charge is -2.28. The average Bonchev–Trinajstić information content (AvgIpc) is 3.11. The van der Waals surface area contributed by atoms with E-state index in [1.807, 2.05) is 0 Å². The van der Waals surface area contributed by atoms with Crippen LogP contribution >= 0.6 is 11.3 Å². The van der Waals surface area contributed by atoms with E-state index in [1.165, 1.54) is 30.6 Å². The van der Waals surface area contributed by atoms with Crippen molar-refractivity contribution in [3.63, 3.8) is 0 Å². The molecule has 0 spiro atoms. The van der Waals surface area contributed by atoms with E-state index in [2.05, 4.69) is 27.2 Å². The van der Waals surface area contributed by atoms with E-state index in [1.54, 1.807) is 24.7 Å². The lowest BCUT2D eigenvalue weighted by atomic mass is 9.88. The molecular formula is C17H22N4O2S. The molecule has 1 N–H and O–H groups in total. The third-order valence-electron chi connectivity index (χ3n) is 4.24. The van der Waals surface area contributed by atoms with Crippen molar-refractivity contribution < 1.29 is 9.53 Å². The molecule has 0 bridgehead atoms. The highest BCUT2D eigenvalue weighted by atomic mass is 32.1. The van der Waals surface area contributed by atoms with E-state index in [0.29, 0.717) is 40.9 Å². The summed E-state index contributed by atoms with van der Waals surface area (Å²) in [6.45, 7) is 3.30. The zero-order valence-corrected chi connectivity index (χ0v) is 14.6. The molecule has 0 saturated heterocycles. The number of rotatable bonds is 6. The zero-order valence-electron chi connectivity index (χ0n) is 13.8. The van der Waals surface area contributed by atoms with Gasteiger partial charge in [0, 0.05) is 18.9 Å². The fourth-order valence-electron chi connectivity index (χ4n) is 2.88. The molecule has 24 heavy (non-hydrogen) atoms. The molecule has 1 aliphatic rings. The van der Waals surface area contributed by atoms with Gasteiger partial charge in [0.25, 0.3) is 5.91 Å². The van der Waals surface area contributed by atoms with Crippen molar-refractivity contribution in [2.75, 3.05) is 13.2 Å². The van der Waals surface area contributed by atoms with Gasteiger partial charge in [0.05, 0.1) is 18.9 Å². The van der Waals surface area contributed by atoms with Crippen LogP contribution in [0.4, 0.5) is 0 Å². The summed E-state index contributed by atoms with van der Waals surface area (Å²) in [4.78, 5) is 25.2. The fraction of sp³-hybridized carbons (Fsp3) is 0.529. The topological polar surface area (TPSA) is 77.0 Å². The van der Waals surface area contributed by atoms with Gasteiger partial charge in [-0.3, -0.25) is 4.79 Å². The Hall–Kier alpha value is -1.86. The molecule has 1 aliphatic carbocycles. The second kappa shape index (κ2) is 8.30. The highest BCUT2D eigenvalue weighted by Gasteiger charge is 2.21. The molecular weight excluding hydrogens is 324 g/mol. The molecule has 128 valence electrons. The monoisotopic (exact) mass is 346 g/mol. The Labute approximate surface area is 145 Å². The Morgan fingerprint density at radius 2 is 2.08 bits per heavy atom. The van der Waals surface area contributed by atoms with Crippen LogP contribution in [0.5, 0.6) is 0 Å². The molecule has 2 aromatic heterocycles. The van der Waals surface area contributed by atoms with Crippen LogP contribution in [0.2, 0.25) is 0 Å². The second-order valence-electron chi connectivity index (χ2n) is 6.03. The molecule has 1 saturated carbocycles. The molecule has 2 heterocycles. The standard InChI is InChI=1S/C17H22N4O2S/c1-12-5-2-3-6-13(12)23-10-9-20-16(22)14-11-21-17(24-14)15-18-7-4-8-19-15/h4,7-8,11-13H,2-3,5-6,9-10H2,1H3,(H,20,22). The summed E-state index contributed by atoms with van der Waals surface area (Å²) in [5.41, 5.74) is 0. The fourth-order valence-corrected chi connectivity index (χ4v) is 3.66. The van der Waals surface area contributed by atoms with Crippen LogP contribution in [0.15, 0.2) is 24.7 Å². The number of amides is 1. The first kappa shape index (κ1) is 17.0. The van der Waals surface area contributed by atoms with Crippen LogP contribution in [0.1, 0.15) is 42.3 Å². The number of aromatic nitrogens is 3. The van der Waals surface area contributed by atoms with Crippen molar-refractivity contribution in [1.82, 2.24) is 20.3 Å². The molecule has 2 aromatic rings. The minimum atomic E-state index is -0.130. The number of hydrogen-bond donors (Lipinski definition) is 1. The van der Waals surface area contributed by atoms with Gasteiger partial charge in [-0.1, -0.05) is 19.8 Å². The number of hydrogen-bond acceptors (Lipinski definition) is 6. The SMILES string of the molecule is CC1CCCCC1OCCNC(=O)c1cnc(-c2ncccn2)s1. The van der Waals surface area contributed by atoms with Gasteiger partial charge >= 0.3 is 0 Å². The lowest BCUT2D eigenvalue weighted by molar-refractivity contribution is -0.00292. The first-order chi connectivity index (χ1) is 11.7. The lowest BCUT2D eigenvalue weighted by Crippen LogP contribution is -2.31. The van der Waals surface area contributed by atoms with Gasteiger partial charge in [-0.05, 0) is 24.8 Å². The highest BCUT2D eigenvalue weighted by Crippen LogP contribution is 2.26. The van der Waals surface area contributed by atoms with Crippen molar-refractivity contribution in [2.24, 2.45) is 5.92 Å². The van der Waals surface area contributed by atoms with Gasteiger partial charge in [0.15, 0.2) is 10.8 Å². The normalized spacial score (nSPS) is 20.7. The molecule has 6 nitrogen and oxygen atoms in total. The highest BCUT2D eigenvalue weighted by molar-refractivity contribution is 7.16. The summed E-state index contributed by atoms with van der Waals surface area (Å²) in [6, 6.07) is 1.75. The summed E-state index contributed by atoms with van der Waals surface area (Å²) >= 11 is 1.29. The van der Waals surface area contributed by atoms with E-state index >= 15 is 0 Å². The molecule has 0 aliphatic heterocycles. The third-order valence-corrected chi connectivity index (χ3v) is 5.23. The van der Waals surface area contributed by atoms with Gasteiger partial charge in [0.1, 0.15) is 4.88 Å². The van der Waals surface area contributed by atoms with E-state index in [4.69, 9.17) is 4.74 Å². The van der Waals surface area contributed by atoms with Crippen LogP contribution in [0.3, 0.4) is 0 Å². The third kappa shape index (κ3) is 4.36. The van der Waals surface area contributed by atoms with Crippen LogP contribution in [-0.4, -0.2) is 40.1 Å². The number of nitrogens with zero attached hydrogens (tertiary/aromatic N) is 3. The molecule has 1 fully saturated rings. The van der Waals surface area contributed by atoms with Crippen molar-refractivity contribution >= 4 is 17.2 Å². The predicted octanol–water partition coefficient (Wildman–Crippen LogP) is 2.93. The summed E-state index contributed by atoms with van der Waals surface area (Å²) in [6.07, 6.45) is 10.1. The van der Waals surface area contributed by atoms with Gasteiger partial charge < -0.3 is 10.1 Å². The Bertz CT molecular complexity index is 662. The predicted molar refractivity (Wildman–Crippen MR) is 92.8 cm³/mol. The average molecular weight is 346 g/mol. The summed E-state index contributed by atoms with van der Waals surface area (Å²) in [5.74, 6) is 1.02. The Morgan fingerprint density at radius 3 is 2.88 bits per heavy atom. The Morgan fingerprint density at radius 1 is 1.29 bits per heavy atom. The maximum absolute atomic E-state index is 12.2. The summed E-state index contributed by atoms with van der Waals surface area (Å²) in [5, 5.41) is 3.53. The quantitative estimate of drug-likeness (QED) is 0.814. The Kier molecular flexibility index (Phi) is 5.87. The van der Waals surface area contributed by atoms with E-state index < -0.39 is 0 Å². The first-order valence-corrected chi connectivity index (χ1v) is 9.18. The second-order valence-corrected chi connectivity index (χ2v) is 7.06. The van der Waals surface area contributed by atoms with Crippen molar-refractivity contribution in [3.05, 3.63) is 29.5 Å². The molecule has 3 rings (SSSR count). The minimum absolute atomic E-state index is 0.130. The van der Waals surface area contributed by atoms with Gasteiger partial charge in [0.2, 0.25) is 0 Å². The maximum Gasteiger partial charge on any atom is 0.263 e. The van der Waals surface area contributed by atoms with E-state index in [0.717, 1.165) is 6.42 Å². The van der Waals surface area contributed by atoms with Gasteiger partial charge in [-0.25, -0.2) is 15.0 Å². The van der Waals surface area contributed by atoms with E-state index in [-0.39, 0.29) is 5.91 Å². The maximum atomic E-state index is 12.2. The minimum Gasteiger partial charge on any atom is -0.376 e. The van der Waals surface area contributed by atoms with E-state index in [9.17, 15) is 4.79 Å². The smallest absolute Gasteiger partial charge is 0.263 e. The Balaban J connectivity index is 1.45. The summed E-state index contributed by atoms with van der Waals surface area (Å²) < 4.78 is 5.91. The summed E-state index contributed by atoms with van der Waals surface area (Å²) in [7, 11) is 0. The van der Waals surface area contributed by atoms with Crippen LogP contribution in [-0.2, 0) is 4.74 Å². The number of nitrogens with one attached hydrogen (secondary N) is 1. The number of carbonyl (C=O) groups is 1. The van der Waals surface area contributed by atoms with Crippen LogP contribution in [0, 0.1) is 5.92 Å². The number of thiazole rings is 1. The molecule has 0 aromatic carbocycles. The molecule has 2 atom stereocenters. The van der Waals surface area contributed by atoms with Crippen molar-refractivity contribution in [3.8, 4) is 10.8 Å². The molecule has 7 heteroatoms. The van der Waals surface area contributed by atoms with Crippen molar-refractivity contribution in [2.45, 2.75) is 38.7 Å². The molecule has 2 unspecified atom stereocenters. The van der Waals surface area contributed by atoms with Crippen molar-refractivity contribution in [1.29, 1.82) is 0 Å². The van der Waals surface area contributed by atoms with Gasteiger partial charge in [-0.2, -0.15) is 0 Å². The van der Waals surface area contributed by atoms with Gasteiger partial charge in [-0.15, -0.1) is 11.3 Å². The van der Waals surface area contributed by atoms with Crippen LogP contribution < -0.4 is 5.32 Å². The number of ether oxygens (including phenoxy) is 1. The molecule has 1 amide bonds. The molecule has 0 radical (unpaired) electrons. The van der Waals surface area contributed by atoms with Crippen LogP contribution in [0.25, 0.3) is 10.8 Å². The largest absolute Gasteiger partial charge is 0.376 e. The first-order valence-electron chi connectivity index (χ1n) is 8.37. The zero-order chi connectivity index (χ0) is 16.8. The number of carbonyl (C=O) groups excluding carboxylic acids is 1.